The topological polar surface area (TPSA) is 84.2 Å². The number of nitrogens with zero attached hydrogens (tertiary/aromatic N) is 2. The first-order valence-electron chi connectivity index (χ1n) is 8.06. The Morgan fingerprint density at radius 3 is 2.58 bits per heavy atom. The third-order valence-corrected chi connectivity index (χ3v) is 4.58. The van der Waals surface area contributed by atoms with Crippen LogP contribution in [0.3, 0.4) is 0 Å². The second kappa shape index (κ2) is 7.17. The van der Waals surface area contributed by atoms with Crippen molar-refractivity contribution < 1.29 is 14.7 Å². The van der Waals surface area contributed by atoms with Crippen molar-refractivity contribution in [2.24, 2.45) is 7.05 Å². The molecule has 2 N–H and O–H groups in total. The van der Waals surface area contributed by atoms with Gasteiger partial charge in [-0.2, -0.15) is 0 Å². The van der Waals surface area contributed by atoms with Crippen LogP contribution in [0, 0.1) is 6.92 Å². The van der Waals surface area contributed by atoms with Crippen molar-refractivity contribution in [1.29, 1.82) is 0 Å². The van der Waals surface area contributed by atoms with Gasteiger partial charge in [0.25, 0.3) is 5.91 Å². The monoisotopic (exact) mass is 371 g/mol. The van der Waals surface area contributed by atoms with Crippen LogP contribution in [0.25, 0.3) is 11.0 Å². The second-order valence-electron chi connectivity index (χ2n) is 6.10. The van der Waals surface area contributed by atoms with Crippen molar-refractivity contribution in [2.45, 2.75) is 19.4 Å². The molecule has 0 aliphatic carbocycles. The molecule has 134 valence electrons. The first-order valence-corrected chi connectivity index (χ1v) is 8.44. The summed E-state index contributed by atoms with van der Waals surface area (Å²) in [7, 11) is 1.91. The molecule has 0 spiro atoms. The molecule has 26 heavy (non-hydrogen) atoms. The molecule has 1 aromatic heterocycles. The number of benzene rings is 2. The number of carbonyl (C=O) groups excluding carboxylic acids is 1. The van der Waals surface area contributed by atoms with E-state index in [4.69, 9.17) is 16.7 Å². The van der Waals surface area contributed by atoms with Crippen molar-refractivity contribution in [3.8, 4) is 0 Å². The molecule has 2 aromatic carbocycles. The van der Waals surface area contributed by atoms with Crippen molar-refractivity contribution in [3.63, 3.8) is 0 Å². The SMILES string of the molecule is Cc1nc2cc(C(=O)NC(CC(=O)O)c3ccc(Cl)cc3)ccc2n1C. The van der Waals surface area contributed by atoms with Crippen molar-refractivity contribution in [1.82, 2.24) is 14.9 Å². The molecule has 0 radical (unpaired) electrons. The molecule has 0 fully saturated rings. The molecular weight excluding hydrogens is 354 g/mol. The number of aliphatic carboxylic acids is 1. The van der Waals surface area contributed by atoms with Crippen molar-refractivity contribution >= 4 is 34.5 Å². The summed E-state index contributed by atoms with van der Waals surface area (Å²) in [6.45, 7) is 1.89. The van der Waals surface area contributed by atoms with Gasteiger partial charge in [0.15, 0.2) is 0 Å². The van der Waals surface area contributed by atoms with Crippen LogP contribution in [-0.4, -0.2) is 26.5 Å². The van der Waals surface area contributed by atoms with Crippen LogP contribution in [0.1, 0.15) is 34.2 Å². The molecule has 3 rings (SSSR count). The molecule has 0 saturated heterocycles. The van der Waals surface area contributed by atoms with Crippen LogP contribution >= 0.6 is 11.6 Å². The summed E-state index contributed by atoms with van der Waals surface area (Å²) in [5.41, 5.74) is 2.76. The summed E-state index contributed by atoms with van der Waals surface area (Å²) in [6, 6.07) is 11.3. The van der Waals surface area contributed by atoms with Crippen LogP contribution in [-0.2, 0) is 11.8 Å². The van der Waals surface area contributed by atoms with Gasteiger partial charge < -0.3 is 15.0 Å². The lowest BCUT2D eigenvalue weighted by atomic mass is 10.0. The summed E-state index contributed by atoms with van der Waals surface area (Å²) in [6.07, 6.45) is -0.224. The first-order chi connectivity index (χ1) is 12.3. The third kappa shape index (κ3) is 3.70. The summed E-state index contributed by atoms with van der Waals surface area (Å²) in [5.74, 6) is -0.500. The lowest BCUT2D eigenvalue weighted by molar-refractivity contribution is -0.137. The fraction of sp³-hybridized carbons (Fsp3) is 0.211. The number of rotatable bonds is 5. The van der Waals surface area contributed by atoms with E-state index in [-0.39, 0.29) is 12.3 Å². The summed E-state index contributed by atoms with van der Waals surface area (Å²) >= 11 is 5.88. The number of fused-ring (bicyclic) bond motifs is 1. The van der Waals surface area contributed by atoms with Gasteiger partial charge in [0.05, 0.1) is 23.5 Å². The summed E-state index contributed by atoms with van der Waals surface area (Å²) in [5, 5.41) is 12.5. The normalized spacial score (nSPS) is 12.1. The van der Waals surface area contributed by atoms with Gasteiger partial charge in [0.1, 0.15) is 5.82 Å². The number of nitrogens with one attached hydrogen (secondary N) is 1. The zero-order chi connectivity index (χ0) is 18.8. The lowest BCUT2D eigenvalue weighted by Crippen LogP contribution is -2.30. The highest BCUT2D eigenvalue weighted by Gasteiger charge is 2.19. The van der Waals surface area contributed by atoms with Crippen LogP contribution in [0.15, 0.2) is 42.5 Å². The fourth-order valence-electron chi connectivity index (χ4n) is 2.82. The van der Waals surface area contributed by atoms with E-state index in [0.717, 1.165) is 16.9 Å². The molecule has 1 atom stereocenters. The molecule has 1 heterocycles. The smallest absolute Gasteiger partial charge is 0.305 e. The predicted molar refractivity (Wildman–Crippen MR) is 99.4 cm³/mol. The Morgan fingerprint density at radius 2 is 1.92 bits per heavy atom. The standard InChI is InChI=1S/C19H18ClN3O3/c1-11-21-16-9-13(5-8-17(16)23(11)2)19(26)22-15(10-18(24)25)12-3-6-14(20)7-4-12/h3-9,15H,10H2,1-2H3,(H,22,26)(H,24,25). The van der Waals surface area contributed by atoms with E-state index in [1.165, 1.54) is 0 Å². The number of aryl methyl sites for hydroxylation is 2. The highest BCUT2D eigenvalue weighted by Crippen LogP contribution is 2.21. The largest absolute Gasteiger partial charge is 0.481 e. The highest BCUT2D eigenvalue weighted by atomic mass is 35.5. The highest BCUT2D eigenvalue weighted by molar-refractivity contribution is 6.30. The molecule has 0 bridgehead atoms. The minimum absolute atomic E-state index is 0.224. The number of halogens is 1. The van der Waals surface area contributed by atoms with Gasteiger partial charge in [-0.25, -0.2) is 4.98 Å². The minimum Gasteiger partial charge on any atom is -0.481 e. The van der Waals surface area contributed by atoms with Crippen LogP contribution in [0.2, 0.25) is 5.02 Å². The molecular formula is C19H18ClN3O3. The summed E-state index contributed by atoms with van der Waals surface area (Å²) < 4.78 is 1.94. The van der Waals surface area contributed by atoms with E-state index < -0.39 is 12.0 Å². The number of carboxylic acid groups (broad SMARTS) is 1. The molecule has 0 saturated carbocycles. The Bertz CT molecular complexity index is 980. The van der Waals surface area contributed by atoms with Gasteiger partial charge in [-0.05, 0) is 42.8 Å². The van der Waals surface area contributed by atoms with Crippen LogP contribution in [0.4, 0.5) is 0 Å². The second-order valence-corrected chi connectivity index (χ2v) is 6.53. The first kappa shape index (κ1) is 17.9. The van der Waals surface area contributed by atoms with Gasteiger partial charge in [-0.15, -0.1) is 0 Å². The molecule has 1 amide bonds. The number of amides is 1. The maximum absolute atomic E-state index is 12.6. The van der Waals surface area contributed by atoms with Gasteiger partial charge in [0, 0.05) is 17.6 Å². The Hall–Kier alpha value is -2.86. The number of aromatic nitrogens is 2. The van der Waals surface area contributed by atoms with E-state index >= 15 is 0 Å². The zero-order valence-electron chi connectivity index (χ0n) is 14.4. The number of carboxylic acids is 1. The third-order valence-electron chi connectivity index (χ3n) is 4.32. The Kier molecular flexibility index (Phi) is 4.95. The maximum Gasteiger partial charge on any atom is 0.305 e. The summed E-state index contributed by atoms with van der Waals surface area (Å²) in [4.78, 5) is 28.3. The molecule has 3 aromatic rings. The van der Waals surface area contributed by atoms with E-state index in [9.17, 15) is 9.59 Å². The quantitative estimate of drug-likeness (QED) is 0.719. The van der Waals surface area contributed by atoms with E-state index in [2.05, 4.69) is 10.3 Å². The van der Waals surface area contributed by atoms with Gasteiger partial charge in [0.2, 0.25) is 0 Å². The molecule has 7 heteroatoms. The maximum atomic E-state index is 12.6. The average Bonchev–Trinajstić information content (AvgIpc) is 2.88. The zero-order valence-corrected chi connectivity index (χ0v) is 15.1. The van der Waals surface area contributed by atoms with E-state index in [0.29, 0.717) is 16.1 Å². The van der Waals surface area contributed by atoms with E-state index in [1.807, 2.05) is 24.6 Å². The number of imidazole rings is 1. The van der Waals surface area contributed by atoms with Gasteiger partial charge >= 0.3 is 5.97 Å². The van der Waals surface area contributed by atoms with E-state index in [1.54, 1.807) is 36.4 Å². The number of carbonyl (C=O) groups is 2. The average molecular weight is 372 g/mol. The Morgan fingerprint density at radius 1 is 1.23 bits per heavy atom. The van der Waals surface area contributed by atoms with Crippen LogP contribution < -0.4 is 5.32 Å². The molecule has 1 unspecified atom stereocenters. The number of hydrogen-bond donors (Lipinski definition) is 2. The Balaban J connectivity index is 1.87. The minimum atomic E-state index is -0.999. The molecule has 6 nitrogen and oxygen atoms in total. The van der Waals surface area contributed by atoms with Crippen molar-refractivity contribution in [3.05, 3.63) is 64.4 Å². The fourth-order valence-corrected chi connectivity index (χ4v) is 2.95. The predicted octanol–water partition coefficient (Wildman–Crippen LogP) is 3.48. The van der Waals surface area contributed by atoms with Gasteiger partial charge in [-0.1, -0.05) is 23.7 Å². The molecule has 0 aliphatic rings. The van der Waals surface area contributed by atoms with Crippen LogP contribution in [0.5, 0.6) is 0 Å². The van der Waals surface area contributed by atoms with Gasteiger partial charge in [-0.3, -0.25) is 9.59 Å². The lowest BCUT2D eigenvalue weighted by Gasteiger charge is -2.17. The van der Waals surface area contributed by atoms with Crippen molar-refractivity contribution in [2.75, 3.05) is 0 Å². The number of hydrogen-bond acceptors (Lipinski definition) is 3. The molecule has 0 aliphatic heterocycles. The Labute approximate surface area is 155 Å².